The van der Waals surface area contributed by atoms with Crippen LogP contribution in [0.15, 0.2) is 53.4 Å². The van der Waals surface area contributed by atoms with E-state index in [-0.39, 0.29) is 17.4 Å². The summed E-state index contributed by atoms with van der Waals surface area (Å²) in [7, 11) is 0. The lowest BCUT2D eigenvalue weighted by atomic mass is 10.2. The van der Waals surface area contributed by atoms with E-state index in [2.05, 4.69) is 10.9 Å². The molecule has 0 aromatic heterocycles. The van der Waals surface area contributed by atoms with E-state index in [0.29, 0.717) is 0 Å². The van der Waals surface area contributed by atoms with Gasteiger partial charge in [-0.1, -0.05) is 30.3 Å². The van der Waals surface area contributed by atoms with E-state index in [1.807, 2.05) is 31.2 Å². The summed E-state index contributed by atoms with van der Waals surface area (Å²) >= 11 is 1.38. The first-order valence-corrected chi connectivity index (χ1v) is 8.64. The van der Waals surface area contributed by atoms with Crippen molar-refractivity contribution in [2.45, 2.75) is 24.8 Å². The number of benzene rings is 2. The van der Waals surface area contributed by atoms with Crippen molar-refractivity contribution in [3.05, 3.63) is 59.9 Å². The summed E-state index contributed by atoms with van der Waals surface area (Å²) in [5, 5.41) is 0. The van der Waals surface area contributed by atoms with E-state index < -0.39 is 17.8 Å². The molecule has 2 amide bonds. The van der Waals surface area contributed by atoms with E-state index in [4.69, 9.17) is 4.74 Å². The number of hydrogen-bond donors (Lipinski definition) is 2. The molecule has 1 unspecified atom stereocenters. The van der Waals surface area contributed by atoms with Crippen LogP contribution in [0.25, 0.3) is 0 Å². The molecule has 0 saturated carbocycles. The lowest BCUT2D eigenvalue weighted by Crippen LogP contribution is -2.47. The minimum atomic E-state index is -0.957. The topological polar surface area (TPSA) is 67.4 Å². The van der Waals surface area contributed by atoms with Gasteiger partial charge in [0.05, 0.1) is 5.75 Å². The Hall–Kier alpha value is -2.54. The number of carbonyl (C=O) groups is 2. The molecule has 2 N–H and O–H groups in total. The van der Waals surface area contributed by atoms with Crippen molar-refractivity contribution in [3.63, 3.8) is 0 Å². The van der Waals surface area contributed by atoms with Crippen LogP contribution in [0.1, 0.15) is 12.5 Å². The van der Waals surface area contributed by atoms with Crippen molar-refractivity contribution in [1.29, 1.82) is 0 Å². The zero-order valence-corrected chi connectivity index (χ0v) is 14.7. The normalized spacial score (nSPS) is 11.5. The molecule has 2 aromatic carbocycles. The molecule has 0 saturated heterocycles. The Morgan fingerprint density at radius 3 is 2.52 bits per heavy atom. The van der Waals surface area contributed by atoms with Gasteiger partial charge in [0.2, 0.25) is 5.91 Å². The fourth-order valence-electron chi connectivity index (χ4n) is 1.91. The number of hydrogen-bond acceptors (Lipinski definition) is 4. The lowest BCUT2D eigenvalue weighted by Gasteiger charge is -2.15. The summed E-state index contributed by atoms with van der Waals surface area (Å²) in [6, 6.07) is 13.5. The van der Waals surface area contributed by atoms with Gasteiger partial charge in [0.1, 0.15) is 0 Å². The van der Waals surface area contributed by atoms with Gasteiger partial charge in [-0.2, -0.15) is 0 Å². The highest BCUT2D eigenvalue weighted by atomic mass is 32.2. The van der Waals surface area contributed by atoms with Crippen molar-refractivity contribution < 1.29 is 18.7 Å². The zero-order valence-electron chi connectivity index (χ0n) is 13.9. The van der Waals surface area contributed by atoms with Gasteiger partial charge in [-0.15, -0.1) is 11.8 Å². The van der Waals surface area contributed by atoms with Crippen LogP contribution in [0.2, 0.25) is 0 Å². The van der Waals surface area contributed by atoms with Crippen LogP contribution >= 0.6 is 11.8 Å². The number of hydrazine groups is 1. The largest absolute Gasteiger partial charge is 0.478 e. The standard InChI is InChI=1S/C18H19FN2O3S/c1-12-7-3-6-10-16(12)25-11-17(22)20-21-18(23)13(2)24-15-9-5-4-8-14(15)19/h3-10,13H,11H2,1-2H3,(H,20,22)(H,21,23). The Bertz CT molecular complexity index is 755. The Morgan fingerprint density at radius 1 is 1.12 bits per heavy atom. The number of ether oxygens (including phenoxy) is 1. The minimum Gasteiger partial charge on any atom is -0.478 e. The second-order valence-corrected chi connectivity index (χ2v) is 6.30. The number of para-hydroxylation sites is 1. The van der Waals surface area contributed by atoms with E-state index in [1.165, 1.54) is 36.9 Å². The Balaban J connectivity index is 1.76. The molecular weight excluding hydrogens is 343 g/mol. The fraction of sp³-hybridized carbons (Fsp3) is 0.222. The molecule has 2 rings (SSSR count). The number of amides is 2. The SMILES string of the molecule is Cc1ccccc1SCC(=O)NNC(=O)C(C)Oc1ccccc1F. The van der Waals surface area contributed by atoms with Crippen molar-refractivity contribution in [3.8, 4) is 5.75 Å². The number of aryl methyl sites for hydroxylation is 1. The lowest BCUT2D eigenvalue weighted by molar-refractivity contribution is -0.132. The highest BCUT2D eigenvalue weighted by Crippen LogP contribution is 2.21. The predicted molar refractivity (Wildman–Crippen MR) is 94.7 cm³/mol. The van der Waals surface area contributed by atoms with Crippen LogP contribution in [0.3, 0.4) is 0 Å². The van der Waals surface area contributed by atoms with Crippen LogP contribution in [-0.2, 0) is 9.59 Å². The monoisotopic (exact) mass is 362 g/mol. The first kappa shape index (κ1) is 18.8. The highest BCUT2D eigenvalue weighted by molar-refractivity contribution is 8.00. The Labute approximate surface area is 149 Å². The van der Waals surface area contributed by atoms with E-state index in [1.54, 1.807) is 6.07 Å². The predicted octanol–water partition coefficient (Wildman–Crippen LogP) is 2.84. The molecule has 0 bridgehead atoms. The van der Waals surface area contributed by atoms with Crippen LogP contribution in [0, 0.1) is 12.7 Å². The summed E-state index contributed by atoms with van der Waals surface area (Å²) in [4.78, 5) is 24.7. The summed E-state index contributed by atoms with van der Waals surface area (Å²) in [6.07, 6.45) is -0.957. The molecule has 0 fully saturated rings. The maximum atomic E-state index is 13.5. The third kappa shape index (κ3) is 5.79. The summed E-state index contributed by atoms with van der Waals surface area (Å²) < 4.78 is 18.7. The molecule has 0 aliphatic rings. The Morgan fingerprint density at radius 2 is 1.80 bits per heavy atom. The van der Waals surface area contributed by atoms with Gasteiger partial charge in [0, 0.05) is 4.90 Å². The second kappa shape index (κ2) is 9.08. The quantitative estimate of drug-likeness (QED) is 0.613. The molecule has 132 valence electrons. The summed E-state index contributed by atoms with van der Waals surface area (Å²) in [6.45, 7) is 3.43. The number of nitrogens with one attached hydrogen (secondary N) is 2. The van der Waals surface area contributed by atoms with Gasteiger partial charge < -0.3 is 4.74 Å². The van der Waals surface area contributed by atoms with Crippen LogP contribution in [0.5, 0.6) is 5.75 Å². The average Bonchev–Trinajstić information content (AvgIpc) is 2.60. The van der Waals surface area contributed by atoms with Crippen molar-refractivity contribution in [2.75, 3.05) is 5.75 Å². The zero-order chi connectivity index (χ0) is 18.2. The first-order valence-electron chi connectivity index (χ1n) is 7.65. The Kier molecular flexibility index (Phi) is 6.82. The second-order valence-electron chi connectivity index (χ2n) is 5.28. The smallest absolute Gasteiger partial charge is 0.279 e. The van der Waals surface area contributed by atoms with Crippen molar-refractivity contribution in [1.82, 2.24) is 10.9 Å². The highest BCUT2D eigenvalue weighted by Gasteiger charge is 2.17. The summed E-state index contributed by atoms with van der Waals surface area (Å²) in [5.74, 6) is -1.34. The fourth-order valence-corrected chi connectivity index (χ4v) is 2.74. The third-order valence-electron chi connectivity index (χ3n) is 3.29. The maximum Gasteiger partial charge on any atom is 0.279 e. The minimum absolute atomic E-state index is 0.0217. The van der Waals surface area contributed by atoms with Crippen LogP contribution in [-0.4, -0.2) is 23.7 Å². The molecule has 2 aromatic rings. The molecule has 25 heavy (non-hydrogen) atoms. The maximum absolute atomic E-state index is 13.5. The summed E-state index contributed by atoms with van der Waals surface area (Å²) in [5.41, 5.74) is 5.67. The van der Waals surface area contributed by atoms with Crippen LogP contribution < -0.4 is 15.6 Å². The molecule has 0 radical (unpaired) electrons. The van der Waals surface area contributed by atoms with Crippen LogP contribution in [0.4, 0.5) is 4.39 Å². The van der Waals surface area contributed by atoms with Gasteiger partial charge >= 0.3 is 0 Å². The van der Waals surface area contributed by atoms with Crippen molar-refractivity contribution in [2.24, 2.45) is 0 Å². The van der Waals surface area contributed by atoms with Gasteiger partial charge in [-0.3, -0.25) is 20.4 Å². The number of rotatable bonds is 6. The molecule has 0 aliphatic heterocycles. The molecule has 0 spiro atoms. The molecule has 0 heterocycles. The van der Waals surface area contributed by atoms with Gasteiger partial charge in [0.25, 0.3) is 5.91 Å². The first-order chi connectivity index (χ1) is 12.0. The van der Waals surface area contributed by atoms with Gasteiger partial charge in [-0.05, 0) is 37.6 Å². The van der Waals surface area contributed by atoms with E-state index in [9.17, 15) is 14.0 Å². The van der Waals surface area contributed by atoms with E-state index >= 15 is 0 Å². The molecule has 7 heteroatoms. The number of halogens is 1. The third-order valence-corrected chi connectivity index (χ3v) is 4.46. The van der Waals surface area contributed by atoms with Crippen molar-refractivity contribution >= 4 is 23.6 Å². The molecule has 1 atom stereocenters. The molecule has 5 nitrogen and oxygen atoms in total. The van der Waals surface area contributed by atoms with Gasteiger partial charge in [0.15, 0.2) is 17.7 Å². The van der Waals surface area contributed by atoms with E-state index in [0.717, 1.165) is 10.5 Å². The van der Waals surface area contributed by atoms with Gasteiger partial charge in [-0.25, -0.2) is 4.39 Å². The average molecular weight is 362 g/mol. The number of carbonyl (C=O) groups excluding carboxylic acids is 2. The molecule has 0 aliphatic carbocycles. The number of thioether (sulfide) groups is 1. The molecular formula is C18H19FN2O3S.